The summed E-state index contributed by atoms with van der Waals surface area (Å²) in [5.41, 5.74) is 1.08. The zero-order valence-corrected chi connectivity index (χ0v) is 15.8. The molecule has 0 radical (unpaired) electrons. The summed E-state index contributed by atoms with van der Waals surface area (Å²) in [5, 5.41) is 3.18. The second-order valence-electron chi connectivity index (χ2n) is 7.47. The number of benzene rings is 1. The first-order valence-electron chi connectivity index (χ1n) is 10.1. The van der Waals surface area contributed by atoms with E-state index in [4.69, 9.17) is 0 Å². The number of urea groups is 1. The van der Waals surface area contributed by atoms with Gasteiger partial charge in [0.15, 0.2) is 0 Å². The quantitative estimate of drug-likeness (QED) is 0.898. The SMILES string of the molecule is CCC(C(=O)N1CCN(C(=O)NC2CCCCC2)CC1)c1ccccc1. The molecule has 1 aromatic carbocycles. The molecule has 2 fully saturated rings. The van der Waals surface area contributed by atoms with Gasteiger partial charge >= 0.3 is 6.03 Å². The van der Waals surface area contributed by atoms with E-state index in [0.717, 1.165) is 24.8 Å². The minimum atomic E-state index is -0.0844. The lowest BCUT2D eigenvalue weighted by atomic mass is 9.94. The molecule has 3 amide bonds. The fraction of sp³-hybridized carbons (Fsp3) is 0.619. The van der Waals surface area contributed by atoms with Gasteiger partial charge in [0.25, 0.3) is 0 Å². The fourth-order valence-electron chi connectivity index (χ4n) is 4.10. The summed E-state index contributed by atoms with van der Waals surface area (Å²) in [7, 11) is 0. The van der Waals surface area contributed by atoms with Gasteiger partial charge in [-0.3, -0.25) is 4.79 Å². The second-order valence-corrected chi connectivity index (χ2v) is 7.47. The molecular formula is C21H31N3O2. The number of piperazine rings is 1. The second kappa shape index (κ2) is 9.06. The number of amides is 3. The first kappa shape index (κ1) is 18.7. The van der Waals surface area contributed by atoms with Crippen molar-refractivity contribution in [3.63, 3.8) is 0 Å². The van der Waals surface area contributed by atoms with Gasteiger partial charge < -0.3 is 15.1 Å². The number of rotatable bonds is 4. The van der Waals surface area contributed by atoms with E-state index in [9.17, 15) is 9.59 Å². The molecular weight excluding hydrogens is 326 g/mol. The standard InChI is InChI=1S/C21H31N3O2/c1-2-19(17-9-5-3-6-10-17)20(25)23-13-15-24(16-14-23)21(26)22-18-11-7-4-8-12-18/h3,5-6,9-10,18-19H,2,4,7-8,11-16H2,1H3,(H,22,26). The predicted molar refractivity (Wildman–Crippen MR) is 103 cm³/mol. The Bertz CT molecular complexity index is 591. The Hall–Kier alpha value is -2.04. The third-order valence-corrected chi connectivity index (χ3v) is 5.72. The van der Waals surface area contributed by atoms with E-state index in [0.29, 0.717) is 32.2 Å². The molecule has 1 N–H and O–H groups in total. The van der Waals surface area contributed by atoms with Crippen LogP contribution in [0.15, 0.2) is 30.3 Å². The van der Waals surface area contributed by atoms with Crippen LogP contribution in [0.2, 0.25) is 0 Å². The molecule has 5 heteroatoms. The van der Waals surface area contributed by atoms with Crippen LogP contribution in [0.25, 0.3) is 0 Å². The van der Waals surface area contributed by atoms with Crippen molar-refractivity contribution in [2.45, 2.75) is 57.4 Å². The van der Waals surface area contributed by atoms with E-state index in [-0.39, 0.29) is 17.9 Å². The van der Waals surface area contributed by atoms with Gasteiger partial charge in [0.1, 0.15) is 0 Å². The largest absolute Gasteiger partial charge is 0.339 e. The lowest BCUT2D eigenvalue weighted by Gasteiger charge is -2.37. The van der Waals surface area contributed by atoms with Crippen LogP contribution in [0, 0.1) is 0 Å². The summed E-state index contributed by atoms with van der Waals surface area (Å²) in [6, 6.07) is 10.4. The number of nitrogens with one attached hydrogen (secondary N) is 1. The van der Waals surface area contributed by atoms with Crippen LogP contribution in [0.5, 0.6) is 0 Å². The normalized spacial score (nSPS) is 19.9. The van der Waals surface area contributed by atoms with Crippen molar-refractivity contribution < 1.29 is 9.59 Å². The molecule has 1 saturated heterocycles. The minimum absolute atomic E-state index is 0.0408. The molecule has 1 aliphatic carbocycles. The molecule has 142 valence electrons. The van der Waals surface area contributed by atoms with Crippen LogP contribution in [-0.2, 0) is 4.79 Å². The highest BCUT2D eigenvalue weighted by molar-refractivity contribution is 5.84. The van der Waals surface area contributed by atoms with Crippen molar-refractivity contribution in [1.82, 2.24) is 15.1 Å². The Morgan fingerprint density at radius 1 is 1.00 bits per heavy atom. The lowest BCUT2D eigenvalue weighted by Crippen LogP contribution is -2.55. The van der Waals surface area contributed by atoms with Crippen molar-refractivity contribution in [1.29, 1.82) is 0 Å². The molecule has 2 aliphatic rings. The summed E-state index contributed by atoms with van der Waals surface area (Å²) in [6.07, 6.45) is 6.70. The van der Waals surface area contributed by atoms with Gasteiger partial charge in [-0.15, -0.1) is 0 Å². The van der Waals surface area contributed by atoms with E-state index in [1.807, 2.05) is 40.1 Å². The molecule has 0 spiro atoms. The van der Waals surface area contributed by atoms with Crippen LogP contribution in [0.1, 0.15) is 56.9 Å². The maximum Gasteiger partial charge on any atom is 0.317 e. The molecule has 1 aliphatic heterocycles. The summed E-state index contributed by atoms with van der Waals surface area (Å²) < 4.78 is 0. The monoisotopic (exact) mass is 357 g/mol. The Morgan fingerprint density at radius 2 is 1.62 bits per heavy atom. The zero-order chi connectivity index (χ0) is 18.4. The highest BCUT2D eigenvalue weighted by Crippen LogP contribution is 2.23. The Morgan fingerprint density at radius 3 is 2.23 bits per heavy atom. The molecule has 1 heterocycles. The molecule has 0 bridgehead atoms. The van der Waals surface area contributed by atoms with Gasteiger partial charge in [0, 0.05) is 32.2 Å². The smallest absolute Gasteiger partial charge is 0.317 e. The van der Waals surface area contributed by atoms with Crippen molar-refractivity contribution in [3.05, 3.63) is 35.9 Å². The minimum Gasteiger partial charge on any atom is -0.339 e. The topological polar surface area (TPSA) is 52.7 Å². The van der Waals surface area contributed by atoms with Gasteiger partial charge in [0.05, 0.1) is 5.92 Å². The predicted octanol–water partition coefficient (Wildman–Crippen LogP) is 3.37. The average Bonchev–Trinajstić information content (AvgIpc) is 2.70. The number of carbonyl (C=O) groups is 2. The van der Waals surface area contributed by atoms with Crippen LogP contribution in [-0.4, -0.2) is 54.0 Å². The Labute approximate surface area is 156 Å². The lowest BCUT2D eigenvalue weighted by molar-refractivity contribution is -0.134. The maximum atomic E-state index is 12.9. The highest BCUT2D eigenvalue weighted by atomic mass is 16.2. The molecule has 1 aromatic rings. The molecule has 1 atom stereocenters. The van der Waals surface area contributed by atoms with Gasteiger partial charge in [-0.25, -0.2) is 4.79 Å². The van der Waals surface area contributed by atoms with E-state index in [2.05, 4.69) is 12.2 Å². The number of hydrogen-bond acceptors (Lipinski definition) is 2. The van der Waals surface area contributed by atoms with Gasteiger partial charge in [-0.1, -0.05) is 56.5 Å². The zero-order valence-electron chi connectivity index (χ0n) is 15.8. The summed E-state index contributed by atoms with van der Waals surface area (Å²) >= 11 is 0. The van der Waals surface area contributed by atoms with Crippen molar-refractivity contribution in [2.24, 2.45) is 0 Å². The van der Waals surface area contributed by atoms with Gasteiger partial charge in [-0.2, -0.15) is 0 Å². The summed E-state index contributed by atoms with van der Waals surface area (Å²) in [5.74, 6) is 0.102. The first-order chi connectivity index (χ1) is 12.7. The molecule has 5 nitrogen and oxygen atoms in total. The summed E-state index contributed by atoms with van der Waals surface area (Å²) in [6.45, 7) is 4.55. The molecule has 0 aromatic heterocycles. The van der Waals surface area contributed by atoms with E-state index in [1.54, 1.807) is 0 Å². The summed E-state index contributed by atoms with van der Waals surface area (Å²) in [4.78, 5) is 29.2. The Balaban J connectivity index is 1.51. The van der Waals surface area contributed by atoms with Crippen LogP contribution in [0.4, 0.5) is 4.79 Å². The van der Waals surface area contributed by atoms with Crippen LogP contribution < -0.4 is 5.32 Å². The van der Waals surface area contributed by atoms with Gasteiger partial charge in [0.2, 0.25) is 5.91 Å². The third-order valence-electron chi connectivity index (χ3n) is 5.72. The highest BCUT2D eigenvalue weighted by Gasteiger charge is 2.29. The van der Waals surface area contributed by atoms with E-state index in [1.165, 1.54) is 19.3 Å². The fourth-order valence-corrected chi connectivity index (χ4v) is 4.10. The molecule has 1 unspecified atom stereocenters. The molecule has 3 rings (SSSR count). The van der Waals surface area contributed by atoms with Crippen molar-refractivity contribution in [2.75, 3.05) is 26.2 Å². The van der Waals surface area contributed by atoms with Crippen LogP contribution >= 0.6 is 0 Å². The van der Waals surface area contributed by atoms with Crippen molar-refractivity contribution >= 4 is 11.9 Å². The third kappa shape index (κ3) is 4.57. The van der Waals surface area contributed by atoms with Crippen LogP contribution in [0.3, 0.4) is 0 Å². The van der Waals surface area contributed by atoms with Gasteiger partial charge in [-0.05, 0) is 24.8 Å². The van der Waals surface area contributed by atoms with E-state index >= 15 is 0 Å². The van der Waals surface area contributed by atoms with E-state index < -0.39 is 0 Å². The maximum absolute atomic E-state index is 12.9. The first-order valence-corrected chi connectivity index (χ1v) is 10.1. The van der Waals surface area contributed by atoms with Crippen molar-refractivity contribution in [3.8, 4) is 0 Å². The molecule has 26 heavy (non-hydrogen) atoms. The number of carbonyl (C=O) groups excluding carboxylic acids is 2. The Kier molecular flexibility index (Phi) is 6.53. The number of nitrogens with zero attached hydrogens (tertiary/aromatic N) is 2. The molecule has 1 saturated carbocycles. The average molecular weight is 357 g/mol. The number of hydrogen-bond donors (Lipinski definition) is 1.